The van der Waals surface area contributed by atoms with Gasteiger partial charge in [-0.05, 0) is 0 Å². The van der Waals surface area contributed by atoms with Crippen LogP contribution in [0.5, 0.6) is 0 Å². The summed E-state index contributed by atoms with van der Waals surface area (Å²) in [5, 5.41) is 8.88. The normalized spacial score (nSPS) is 19.6. The highest BCUT2D eigenvalue weighted by molar-refractivity contribution is 7.99. The number of aliphatic carboxylic acids is 1. The number of nitrogens with zero attached hydrogens (tertiary/aromatic N) is 2. The number of likely N-dealkylation sites (N-methyl/N-ethyl adjacent to an activating group) is 1. The topological polar surface area (TPSA) is 104 Å². The van der Waals surface area contributed by atoms with Crippen molar-refractivity contribution in [3.8, 4) is 0 Å². The number of carboxylic acids is 1. The highest BCUT2D eigenvalue weighted by atomic mass is 32.2. The molecule has 1 rings (SSSR count). The van der Waals surface area contributed by atoms with Gasteiger partial charge in [-0.3, -0.25) is 4.79 Å². The quantitative estimate of drug-likeness (QED) is 0.664. The zero-order chi connectivity index (χ0) is 12.3. The van der Waals surface area contributed by atoms with Gasteiger partial charge in [-0.15, -0.1) is 11.8 Å². The van der Waals surface area contributed by atoms with E-state index in [-0.39, 0.29) is 6.54 Å². The van der Waals surface area contributed by atoms with Crippen molar-refractivity contribution in [1.29, 1.82) is 0 Å². The molecule has 0 saturated carbocycles. The minimum Gasteiger partial charge on any atom is -0.480 e. The number of carbonyl (C=O) groups excluding carboxylic acids is 2. The fraction of sp³-hybridized carbons (Fsp3) is 0.625. The lowest BCUT2D eigenvalue weighted by atomic mass is 10.3. The molecule has 3 N–H and O–H groups in total. The second kappa shape index (κ2) is 5.06. The van der Waals surface area contributed by atoms with Crippen molar-refractivity contribution < 1.29 is 19.5 Å². The number of amides is 3. The number of nitrogens with two attached hydrogens (primary N) is 1. The van der Waals surface area contributed by atoms with Crippen LogP contribution in [0.25, 0.3) is 0 Å². The second-order valence-corrected chi connectivity index (χ2v) is 4.43. The van der Waals surface area contributed by atoms with E-state index in [0.29, 0.717) is 11.6 Å². The average molecular weight is 247 g/mol. The van der Waals surface area contributed by atoms with E-state index in [1.165, 1.54) is 23.7 Å². The first-order valence-electron chi connectivity index (χ1n) is 4.54. The average Bonchev–Trinajstić information content (AvgIpc) is 2.63. The molecule has 0 aromatic heterocycles. The van der Waals surface area contributed by atoms with Crippen molar-refractivity contribution in [2.24, 2.45) is 5.73 Å². The molecule has 0 spiro atoms. The Balaban J connectivity index is 2.65. The SMILES string of the molecule is CN(CC(N)=O)C(=O)N1CSC[C@H]1C(=O)O. The van der Waals surface area contributed by atoms with Crippen LogP contribution in [0.15, 0.2) is 0 Å². The largest absolute Gasteiger partial charge is 0.480 e. The zero-order valence-corrected chi connectivity index (χ0v) is 9.57. The van der Waals surface area contributed by atoms with Gasteiger partial charge >= 0.3 is 12.0 Å². The summed E-state index contributed by atoms with van der Waals surface area (Å²) in [5.74, 6) is -0.981. The number of thioether (sulfide) groups is 1. The third-order valence-electron chi connectivity index (χ3n) is 2.13. The molecule has 1 fully saturated rings. The maximum Gasteiger partial charge on any atom is 0.327 e. The predicted molar refractivity (Wildman–Crippen MR) is 57.8 cm³/mol. The number of primary amides is 1. The van der Waals surface area contributed by atoms with Crippen molar-refractivity contribution in [1.82, 2.24) is 9.80 Å². The van der Waals surface area contributed by atoms with Gasteiger partial charge in [0.1, 0.15) is 12.6 Å². The van der Waals surface area contributed by atoms with Crippen LogP contribution in [0.2, 0.25) is 0 Å². The molecule has 1 saturated heterocycles. The van der Waals surface area contributed by atoms with Gasteiger partial charge in [-0.2, -0.15) is 0 Å². The van der Waals surface area contributed by atoms with Crippen LogP contribution in [-0.2, 0) is 9.59 Å². The molecule has 1 aliphatic heterocycles. The molecule has 16 heavy (non-hydrogen) atoms. The molecular formula is C8H13N3O4S. The van der Waals surface area contributed by atoms with E-state index in [0.717, 1.165) is 4.90 Å². The smallest absolute Gasteiger partial charge is 0.327 e. The summed E-state index contributed by atoms with van der Waals surface area (Å²) in [6.45, 7) is -0.216. The van der Waals surface area contributed by atoms with Crippen LogP contribution in [-0.4, -0.2) is 64.1 Å². The van der Waals surface area contributed by atoms with Crippen molar-refractivity contribution in [3.63, 3.8) is 0 Å². The van der Waals surface area contributed by atoms with Gasteiger partial charge in [-0.1, -0.05) is 0 Å². The molecule has 90 valence electrons. The molecule has 8 heteroatoms. The lowest BCUT2D eigenvalue weighted by Crippen LogP contribution is -2.49. The maximum atomic E-state index is 11.8. The molecule has 0 aromatic carbocycles. The molecule has 0 radical (unpaired) electrons. The van der Waals surface area contributed by atoms with Crippen LogP contribution >= 0.6 is 11.8 Å². The Hall–Kier alpha value is -1.44. The number of hydrogen-bond acceptors (Lipinski definition) is 4. The molecule has 3 amide bonds. The Labute approximate surface area is 96.5 Å². The van der Waals surface area contributed by atoms with Gasteiger partial charge in [0.05, 0.1) is 5.88 Å². The van der Waals surface area contributed by atoms with Crippen molar-refractivity contribution in [2.45, 2.75) is 6.04 Å². The van der Waals surface area contributed by atoms with Gasteiger partial charge < -0.3 is 20.6 Å². The summed E-state index contributed by atoms with van der Waals surface area (Å²) < 4.78 is 0. The number of urea groups is 1. The van der Waals surface area contributed by atoms with Gasteiger partial charge in [-0.25, -0.2) is 9.59 Å². The number of rotatable bonds is 3. The molecular weight excluding hydrogens is 234 g/mol. The maximum absolute atomic E-state index is 11.8. The van der Waals surface area contributed by atoms with E-state index in [2.05, 4.69) is 0 Å². The lowest BCUT2D eigenvalue weighted by molar-refractivity contribution is -0.140. The Morgan fingerprint density at radius 2 is 2.19 bits per heavy atom. The summed E-state index contributed by atoms with van der Waals surface area (Å²) in [6, 6.07) is -1.32. The summed E-state index contributed by atoms with van der Waals surface area (Å²) in [7, 11) is 1.41. The molecule has 0 bridgehead atoms. The van der Waals surface area contributed by atoms with Crippen molar-refractivity contribution in [2.75, 3.05) is 25.2 Å². The van der Waals surface area contributed by atoms with E-state index in [1.54, 1.807) is 0 Å². The van der Waals surface area contributed by atoms with Crippen LogP contribution in [0, 0.1) is 0 Å². The van der Waals surface area contributed by atoms with Crippen molar-refractivity contribution >= 4 is 29.7 Å². The fourth-order valence-electron chi connectivity index (χ4n) is 1.36. The monoisotopic (exact) mass is 247 g/mol. The second-order valence-electron chi connectivity index (χ2n) is 3.43. The first-order valence-corrected chi connectivity index (χ1v) is 5.69. The fourth-order valence-corrected chi connectivity index (χ4v) is 2.49. The van der Waals surface area contributed by atoms with E-state index in [4.69, 9.17) is 10.8 Å². The third kappa shape index (κ3) is 2.78. The van der Waals surface area contributed by atoms with Crippen LogP contribution in [0.3, 0.4) is 0 Å². The van der Waals surface area contributed by atoms with Crippen LogP contribution in [0.4, 0.5) is 4.79 Å². The Bertz CT molecular complexity index is 322. The number of carbonyl (C=O) groups is 3. The zero-order valence-electron chi connectivity index (χ0n) is 8.75. The van der Waals surface area contributed by atoms with Gasteiger partial charge in [0, 0.05) is 12.8 Å². The molecule has 1 aliphatic rings. The minimum atomic E-state index is -1.04. The van der Waals surface area contributed by atoms with E-state index in [9.17, 15) is 14.4 Å². The van der Waals surface area contributed by atoms with E-state index in [1.807, 2.05) is 0 Å². The lowest BCUT2D eigenvalue weighted by Gasteiger charge is -2.25. The first-order chi connectivity index (χ1) is 7.43. The highest BCUT2D eigenvalue weighted by Gasteiger charge is 2.36. The molecule has 0 aliphatic carbocycles. The van der Waals surface area contributed by atoms with Gasteiger partial charge in [0.25, 0.3) is 0 Å². The molecule has 1 atom stereocenters. The standard InChI is InChI=1S/C8H13N3O4S/c1-10(2-6(9)12)8(15)11-4-16-3-5(11)7(13)14/h5H,2-4H2,1H3,(H2,9,12)(H,13,14)/t5-/m0/s1. The Morgan fingerprint density at radius 1 is 1.56 bits per heavy atom. The van der Waals surface area contributed by atoms with E-state index < -0.39 is 23.9 Å². The van der Waals surface area contributed by atoms with Crippen LogP contribution < -0.4 is 5.73 Å². The molecule has 7 nitrogen and oxygen atoms in total. The van der Waals surface area contributed by atoms with Crippen LogP contribution in [0.1, 0.15) is 0 Å². The Morgan fingerprint density at radius 3 is 2.69 bits per heavy atom. The number of carboxylic acid groups (broad SMARTS) is 1. The Kier molecular flexibility index (Phi) is 3.99. The molecule has 0 unspecified atom stereocenters. The summed E-state index contributed by atoms with van der Waals surface area (Å²) in [4.78, 5) is 35.6. The minimum absolute atomic E-state index is 0.216. The highest BCUT2D eigenvalue weighted by Crippen LogP contribution is 2.22. The first kappa shape index (κ1) is 12.6. The summed E-state index contributed by atoms with van der Waals surface area (Å²) in [5.41, 5.74) is 4.95. The van der Waals surface area contributed by atoms with Gasteiger partial charge in [0.2, 0.25) is 5.91 Å². The molecule has 0 aromatic rings. The summed E-state index contributed by atoms with van der Waals surface area (Å²) >= 11 is 1.36. The number of hydrogen-bond donors (Lipinski definition) is 2. The predicted octanol–water partition coefficient (Wildman–Crippen LogP) is -1.02. The summed E-state index contributed by atoms with van der Waals surface area (Å²) in [6.07, 6.45) is 0. The molecule has 1 heterocycles. The third-order valence-corrected chi connectivity index (χ3v) is 3.14. The van der Waals surface area contributed by atoms with E-state index >= 15 is 0 Å². The van der Waals surface area contributed by atoms with Gasteiger partial charge in [0.15, 0.2) is 0 Å². The van der Waals surface area contributed by atoms with Crippen molar-refractivity contribution in [3.05, 3.63) is 0 Å².